The number of benzene rings is 1. The van der Waals surface area contributed by atoms with E-state index in [0.717, 1.165) is 24.8 Å². The minimum atomic E-state index is -1.06. The van der Waals surface area contributed by atoms with Crippen molar-refractivity contribution in [2.75, 3.05) is 19.8 Å². The van der Waals surface area contributed by atoms with Crippen LogP contribution in [0.5, 0.6) is 11.5 Å². The van der Waals surface area contributed by atoms with Crippen molar-refractivity contribution in [2.24, 2.45) is 5.92 Å². The number of nitrogens with zero attached hydrogens (tertiary/aromatic N) is 1. The van der Waals surface area contributed by atoms with E-state index in [2.05, 4.69) is 5.32 Å². The standard InChI is InChI=1S/C20H26N2O4/c1-20(15-8-9-16-17(12-15)26-11-5-10-25-16)18(23)22(19(24)21-20)13-14-6-3-2-4-7-14/h8-9,12,14H,2-7,10-11,13H2,1H3,(H,21,24). The van der Waals surface area contributed by atoms with Crippen LogP contribution in [0.1, 0.15) is 51.0 Å². The largest absolute Gasteiger partial charge is 0.490 e. The third-order valence-electron chi connectivity index (χ3n) is 5.77. The van der Waals surface area contributed by atoms with Crippen LogP contribution in [0.25, 0.3) is 0 Å². The zero-order chi connectivity index (χ0) is 18.1. The van der Waals surface area contributed by atoms with E-state index in [1.807, 2.05) is 18.2 Å². The summed E-state index contributed by atoms with van der Waals surface area (Å²) >= 11 is 0. The number of rotatable bonds is 3. The molecule has 1 aliphatic carbocycles. The number of amides is 3. The number of carbonyl (C=O) groups excluding carboxylic acids is 2. The van der Waals surface area contributed by atoms with Crippen LogP contribution in [0.2, 0.25) is 0 Å². The number of urea groups is 1. The van der Waals surface area contributed by atoms with E-state index in [1.165, 1.54) is 24.2 Å². The monoisotopic (exact) mass is 358 g/mol. The molecular formula is C20H26N2O4. The summed E-state index contributed by atoms with van der Waals surface area (Å²) in [7, 11) is 0. The fourth-order valence-electron chi connectivity index (χ4n) is 4.16. The van der Waals surface area contributed by atoms with Gasteiger partial charge in [-0.25, -0.2) is 4.79 Å². The number of carbonyl (C=O) groups is 2. The molecule has 26 heavy (non-hydrogen) atoms. The lowest BCUT2D eigenvalue weighted by atomic mass is 9.88. The van der Waals surface area contributed by atoms with Gasteiger partial charge in [0.2, 0.25) is 0 Å². The summed E-state index contributed by atoms with van der Waals surface area (Å²) in [5, 5.41) is 2.90. The van der Waals surface area contributed by atoms with Gasteiger partial charge in [-0.15, -0.1) is 0 Å². The average Bonchev–Trinajstić information content (AvgIpc) is 2.83. The smallest absolute Gasteiger partial charge is 0.325 e. The van der Waals surface area contributed by atoms with E-state index >= 15 is 0 Å². The van der Waals surface area contributed by atoms with Crippen molar-refractivity contribution in [1.82, 2.24) is 10.2 Å². The molecule has 1 atom stereocenters. The minimum absolute atomic E-state index is 0.178. The van der Waals surface area contributed by atoms with Crippen molar-refractivity contribution in [3.63, 3.8) is 0 Å². The van der Waals surface area contributed by atoms with Crippen LogP contribution in [0, 0.1) is 5.92 Å². The van der Waals surface area contributed by atoms with Gasteiger partial charge in [0.05, 0.1) is 13.2 Å². The molecule has 0 radical (unpaired) electrons. The summed E-state index contributed by atoms with van der Waals surface area (Å²) < 4.78 is 11.4. The molecule has 1 aromatic rings. The van der Waals surface area contributed by atoms with Crippen LogP contribution in [0.15, 0.2) is 18.2 Å². The molecule has 1 saturated heterocycles. The van der Waals surface area contributed by atoms with Gasteiger partial charge in [-0.05, 0) is 43.4 Å². The minimum Gasteiger partial charge on any atom is -0.490 e. The van der Waals surface area contributed by atoms with E-state index in [9.17, 15) is 9.59 Å². The maximum absolute atomic E-state index is 13.1. The van der Waals surface area contributed by atoms with E-state index in [0.29, 0.717) is 37.2 Å². The predicted octanol–water partition coefficient (Wildman–Crippen LogP) is 3.20. The molecule has 2 aliphatic heterocycles. The van der Waals surface area contributed by atoms with Crippen LogP contribution in [0.3, 0.4) is 0 Å². The Morgan fingerprint density at radius 3 is 2.58 bits per heavy atom. The van der Waals surface area contributed by atoms with Gasteiger partial charge in [-0.3, -0.25) is 9.69 Å². The molecule has 1 aromatic carbocycles. The van der Waals surface area contributed by atoms with E-state index in [1.54, 1.807) is 6.92 Å². The highest BCUT2D eigenvalue weighted by Gasteiger charge is 2.49. The fraction of sp³-hybridized carbons (Fsp3) is 0.600. The summed E-state index contributed by atoms with van der Waals surface area (Å²) in [5.41, 5.74) is -0.331. The van der Waals surface area contributed by atoms with Crippen LogP contribution in [0.4, 0.5) is 4.79 Å². The van der Waals surface area contributed by atoms with Gasteiger partial charge in [-0.1, -0.05) is 25.3 Å². The third kappa shape index (κ3) is 3.02. The first-order chi connectivity index (χ1) is 12.6. The normalized spacial score (nSPS) is 26.6. The molecule has 3 aliphatic rings. The molecule has 0 bridgehead atoms. The number of nitrogens with one attached hydrogen (secondary N) is 1. The van der Waals surface area contributed by atoms with Crippen molar-refractivity contribution < 1.29 is 19.1 Å². The highest BCUT2D eigenvalue weighted by molar-refractivity contribution is 6.07. The van der Waals surface area contributed by atoms with Gasteiger partial charge in [0, 0.05) is 13.0 Å². The van der Waals surface area contributed by atoms with Crippen LogP contribution < -0.4 is 14.8 Å². The first kappa shape index (κ1) is 17.2. The van der Waals surface area contributed by atoms with Crippen molar-refractivity contribution in [2.45, 2.75) is 51.0 Å². The Morgan fingerprint density at radius 1 is 1.08 bits per heavy atom. The lowest BCUT2D eigenvalue weighted by molar-refractivity contribution is -0.131. The van der Waals surface area contributed by atoms with E-state index in [-0.39, 0.29) is 11.9 Å². The van der Waals surface area contributed by atoms with Gasteiger partial charge in [0.25, 0.3) is 5.91 Å². The molecule has 0 spiro atoms. The summed E-state index contributed by atoms with van der Waals surface area (Å²) in [6.07, 6.45) is 6.65. The Bertz CT molecular complexity index is 714. The Morgan fingerprint density at radius 2 is 1.81 bits per heavy atom. The second-order valence-corrected chi connectivity index (χ2v) is 7.69. The first-order valence-electron chi connectivity index (χ1n) is 9.62. The maximum atomic E-state index is 13.1. The number of ether oxygens (including phenoxy) is 2. The lowest BCUT2D eigenvalue weighted by Crippen LogP contribution is -2.41. The Kier molecular flexibility index (Phi) is 4.51. The van der Waals surface area contributed by atoms with Crippen molar-refractivity contribution in [1.29, 1.82) is 0 Å². The summed E-state index contributed by atoms with van der Waals surface area (Å²) in [5.74, 6) is 1.56. The van der Waals surface area contributed by atoms with Crippen molar-refractivity contribution in [3.8, 4) is 11.5 Å². The van der Waals surface area contributed by atoms with Gasteiger partial charge < -0.3 is 14.8 Å². The van der Waals surface area contributed by atoms with Gasteiger partial charge in [-0.2, -0.15) is 0 Å². The molecule has 4 rings (SSSR count). The van der Waals surface area contributed by atoms with Gasteiger partial charge >= 0.3 is 6.03 Å². The third-order valence-corrected chi connectivity index (χ3v) is 5.77. The quantitative estimate of drug-likeness (QED) is 0.843. The van der Waals surface area contributed by atoms with Crippen LogP contribution in [-0.4, -0.2) is 36.6 Å². The highest BCUT2D eigenvalue weighted by atomic mass is 16.5. The molecule has 1 saturated carbocycles. The molecule has 2 fully saturated rings. The Hall–Kier alpha value is -2.24. The Labute approximate surface area is 153 Å². The second-order valence-electron chi connectivity index (χ2n) is 7.69. The highest BCUT2D eigenvalue weighted by Crippen LogP contribution is 2.37. The zero-order valence-corrected chi connectivity index (χ0v) is 15.3. The van der Waals surface area contributed by atoms with Gasteiger partial charge in [0.1, 0.15) is 5.54 Å². The zero-order valence-electron chi connectivity index (χ0n) is 15.3. The first-order valence-corrected chi connectivity index (χ1v) is 9.62. The second kappa shape index (κ2) is 6.82. The average molecular weight is 358 g/mol. The number of hydrogen-bond donors (Lipinski definition) is 1. The number of fused-ring (bicyclic) bond motifs is 1. The summed E-state index contributed by atoms with van der Waals surface area (Å²) in [6.45, 7) is 3.49. The fourth-order valence-corrected chi connectivity index (χ4v) is 4.16. The Balaban J connectivity index is 1.57. The van der Waals surface area contributed by atoms with Crippen LogP contribution in [-0.2, 0) is 10.3 Å². The summed E-state index contributed by atoms with van der Waals surface area (Å²) in [6, 6.07) is 5.19. The number of imide groups is 1. The topological polar surface area (TPSA) is 67.9 Å². The molecule has 6 heteroatoms. The summed E-state index contributed by atoms with van der Waals surface area (Å²) in [4.78, 5) is 27.0. The molecule has 1 unspecified atom stereocenters. The van der Waals surface area contributed by atoms with Crippen molar-refractivity contribution in [3.05, 3.63) is 23.8 Å². The molecule has 1 N–H and O–H groups in total. The molecule has 0 aromatic heterocycles. The van der Waals surface area contributed by atoms with E-state index < -0.39 is 5.54 Å². The SMILES string of the molecule is CC1(c2ccc3c(c2)OCCCO3)NC(=O)N(CC2CCCCC2)C1=O. The molecular weight excluding hydrogens is 332 g/mol. The van der Waals surface area contributed by atoms with Crippen molar-refractivity contribution >= 4 is 11.9 Å². The predicted molar refractivity (Wildman–Crippen MR) is 96.2 cm³/mol. The number of hydrogen-bond acceptors (Lipinski definition) is 4. The van der Waals surface area contributed by atoms with Gasteiger partial charge in [0.15, 0.2) is 11.5 Å². The molecule has 3 amide bonds. The molecule has 2 heterocycles. The molecule has 140 valence electrons. The lowest BCUT2D eigenvalue weighted by Gasteiger charge is -2.26. The van der Waals surface area contributed by atoms with E-state index in [4.69, 9.17) is 9.47 Å². The molecule has 6 nitrogen and oxygen atoms in total. The maximum Gasteiger partial charge on any atom is 0.325 e. The van der Waals surface area contributed by atoms with Crippen LogP contribution >= 0.6 is 0 Å².